The minimum Gasteiger partial charge on any atom is -0.507 e. The van der Waals surface area contributed by atoms with Gasteiger partial charge in [-0.05, 0) is 66.4 Å². The van der Waals surface area contributed by atoms with Crippen LogP contribution in [-0.2, 0) is 11.3 Å². The maximum Gasteiger partial charge on any atom is 0.267 e. The molecular formula is C22H15Cl2N3O4S. The van der Waals surface area contributed by atoms with E-state index in [2.05, 4.69) is 10.2 Å². The average molecular weight is 488 g/mol. The van der Waals surface area contributed by atoms with E-state index < -0.39 is 0 Å². The Hall–Kier alpha value is -3.20. The monoisotopic (exact) mass is 487 g/mol. The molecule has 2 N–H and O–H groups in total. The van der Waals surface area contributed by atoms with Gasteiger partial charge in [0, 0.05) is 21.2 Å². The summed E-state index contributed by atoms with van der Waals surface area (Å²) < 4.78 is 5.36. The van der Waals surface area contributed by atoms with E-state index in [0.717, 1.165) is 11.8 Å². The third kappa shape index (κ3) is 4.99. The van der Waals surface area contributed by atoms with Gasteiger partial charge in [0.15, 0.2) is 5.17 Å². The molecule has 0 aliphatic carbocycles. The molecule has 2 aromatic carbocycles. The highest BCUT2D eigenvalue weighted by molar-refractivity contribution is 8.18. The van der Waals surface area contributed by atoms with Crippen molar-refractivity contribution in [1.82, 2.24) is 4.90 Å². The Bertz CT molecular complexity index is 1260. The fourth-order valence-electron chi connectivity index (χ4n) is 2.83. The standard InChI is InChI=1S/C22H15Cl2N3O4S/c23-15-3-5-18(28)13(8-15)10-20-21(30)27(12-17-2-1-7-31-17)22(32-20)26-25-11-14-9-16(24)4-6-19(14)29/h1-11,28-29H,12H2/b20-10-,25-11+,26-22-. The lowest BCUT2D eigenvalue weighted by Gasteiger charge is -2.12. The molecule has 0 unspecified atom stereocenters. The zero-order valence-corrected chi connectivity index (χ0v) is 18.6. The van der Waals surface area contributed by atoms with Crippen LogP contribution >= 0.6 is 35.0 Å². The van der Waals surface area contributed by atoms with E-state index in [1.165, 1.54) is 29.5 Å². The maximum absolute atomic E-state index is 13.1. The van der Waals surface area contributed by atoms with Crippen LogP contribution in [0.5, 0.6) is 11.5 Å². The second kappa shape index (κ2) is 9.52. The van der Waals surface area contributed by atoms with Crippen LogP contribution in [0.15, 0.2) is 74.3 Å². The fraction of sp³-hybridized carbons (Fsp3) is 0.0455. The molecule has 0 atom stereocenters. The second-order valence-electron chi connectivity index (χ2n) is 6.61. The number of phenolic OH excluding ortho intramolecular Hbond substituents is 2. The van der Waals surface area contributed by atoms with Crippen LogP contribution in [0.3, 0.4) is 0 Å². The summed E-state index contributed by atoms with van der Waals surface area (Å²) in [7, 11) is 0. The van der Waals surface area contributed by atoms with Gasteiger partial charge in [-0.2, -0.15) is 5.10 Å². The van der Waals surface area contributed by atoms with Crippen molar-refractivity contribution in [3.63, 3.8) is 0 Å². The highest BCUT2D eigenvalue weighted by Crippen LogP contribution is 2.35. The zero-order valence-electron chi connectivity index (χ0n) is 16.3. The number of furan rings is 1. The van der Waals surface area contributed by atoms with Crippen molar-refractivity contribution in [3.8, 4) is 11.5 Å². The summed E-state index contributed by atoms with van der Waals surface area (Å²) in [6, 6.07) is 12.6. The molecule has 1 aromatic heterocycles. The Morgan fingerprint density at radius 3 is 2.41 bits per heavy atom. The molecule has 10 heteroatoms. The van der Waals surface area contributed by atoms with Gasteiger partial charge in [-0.15, -0.1) is 5.10 Å². The molecule has 162 valence electrons. The van der Waals surface area contributed by atoms with Crippen LogP contribution < -0.4 is 0 Å². The molecule has 0 saturated carbocycles. The van der Waals surface area contributed by atoms with Crippen molar-refractivity contribution in [3.05, 3.63) is 86.6 Å². The summed E-state index contributed by atoms with van der Waals surface area (Å²) in [6.07, 6.45) is 4.40. The molecule has 4 rings (SSSR count). The Kier molecular flexibility index (Phi) is 6.55. The van der Waals surface area contributed by atoms with Crippen LogP contribution in [0.4, 0.5) is 0 Å². The number of halogens is 2. The summed E-state index contributed by atoms with van der Waals surface area (Å²) in [4.78, 5) is 14.8. The van der Waals surface area contributed by atoms with Gasteiger partial charge in [0.2, 0.25) is 0 Å². The predicted molar refractivity (Wildman–Crippen MR) is 126 cm³/mol. The second-order valence-corrected chi connectivity index (χ2v) is 8.50. The smallest absolute Gasteiger partial charge is 0.267 e. The summed E-state index contributed by atoms with van der Waals surface area (Å²) >= 11 is 13.1. The van der Waals surface area contributed by atoms with E-state index in [1.807, 2.05) is 0 Å². The lowest BCUT2D eigenvalue weighted by Crippen LogP contribution is -2.28. The molecule has 0 bridgehead atoms. The van der Waals surface area contributed by atoms with Crippen molar-refractivity contribution >= 4 is 58.3 Å². The van der Waals surface area contributed by atoms with Crippen molar-refractivity contribution in [2.45, 2.75) is 6.54 Å². The van der Waals surface area contributed by atoms with Crippen LogP contribution in [-0.4, -0.2) is 32.4 Å². The number of aromatic hydroxyl groups is 2. The predicted octanol–water partition coefficient (Wildman–Crippen LogP) is 5.50. The third-order valence-corrected chi connectivity index (χ3v) is 5.86. The molecule has 1 amide bonds. The van der Waals surface area contributed by atoms with E-state index in [1.54, 1.807) is 42.5 Å². The largest absolute Gasteiger partial charge is 0.507 e. The number of nitrogens with zero attached hydrogens (tertiary/aromatic N) is 3. The highest BCUT2D eigenvalue weighted by Gasteiger charge is 2.34. The van der Waals surface area contributed by atoms with Crippen molar-refractivity contribution < 1.29 is 19.4 Å². The average Bonchev–Trinajstić information content (AvgIpc) is 3.37. The van der Waals surface area contributed by atoms with Gasteiger partial charge >= 0.3 is 0 Å². The number of hydrogen-bond donors (Lipinski definition) is 2. The summed E-state index contributed by atoms with van der Waals surface area (Å²) in [5.74, 6) is 0.228. The number of phenols is 2. The lowest BCUT2D eigenvalue weighted by molar-refractivity contribution is -0.122. The number of hydrogen-bond acceptors (Lipinski definition) is 7. The van der Waals surface area contributed by atoms with Crippen LogP contribution in [0, 0.1) is 0 Å². The zero-order chi connectivity index (χ0) is 22.7. The van der Waals surface area contributed by atoms with Crippen LogP contribution in [0.25, 0.3) is 6.08 Å². The van der Waals surface area contributed by atoms with Gasteiger partial charge in [-0.1, -0.05) is 23.2 Å². The number of thioether (sulfide) groups is 1. The fourth-order valence-corrected chi connectivity index (χ4v) is 4.12. The molecule has 7 nitrogen and oxygen atoms in total. The number of amidine groups is 1. The quantitative estimate of drug-likeness (QED) is 0.281. The minimum atomic E-state index is -0.328. The van der Waals surface area contributed by atoms with Gasteiger partial charge in [0.1, 0.15) is 17.3 Å². The number of amides is 1. The van der Waals surface area contributed by atoms with Crippen LogP contribution in [0.1, 0.15) is 16.9 Å². The Morgan fingerprint density at radius 1 is 1.03 bits per heavy atom. The number of rotatable bonds is 5. The van der Waals surface area contributed by atoms with Gasteiger partial charge in [-0.25, -0.2) is 0 Å². The third-order valence-electron chi connectivity index (χ3n) is 4.39. The van der Waals surface area contributed by atoms with Gasteiger partial charge in [0.05, 0.1) is 23.9 Å². The van der Waals surface area contributed by atoms with Crippen molar-refractivity contribution in [1.29, 1.82) is 0 Å². The Morgan fingerprint density at radius 2 is 1.72 bits per heavy atom. The molecule has 3 aromatic rings. The normalized spacial score (nSPS) is 16.7. The summed E-state index contributed by atoms with van der Waals surface area (Å²) in [5, 5.41) is 29.4. The van der Waals surface area contributed by atoms with E-state index in [0.29, 0.717) is 37.0 Å². The maximum atomic E-state index is 13.1. The Balaban J connectivity index is 1.66. The number of benzene rings is 2. The van der Waals surface area contributed by atoms with E-state index in [4.69, 9.17) is 27.6 Å². The Labute approximate surface area is 197 Å². The SMILES string of the molecule is O=C1/C(=C/c2cc(Cl)ccc2O)S/C(=N\N=C\c2cc(Cl)ccc2O)N1Cc1ccco1. The van der Waals surface area contributed by atoms with Gasteiger partial charge in [0.25, 0.3) is 5.91 Å². The lowest BCUT2D eigenvalue weighted by atomic mass is 10.2. The first-order valence-corrected chi connectivity index (χ1v) is 10.8. The minimum absolute atomic E-state index is 0.00189. The first-order valence-electron chi connectivity index (χ1n) is 9.22. The van der Waals surface area contributed by atoms with Gasteiger partial charge < -0.3 is 14.6 Å². The molecule has 1 saturated heterocycles. The molecule has 1 fully saturated rings. The highest BCUT2D eigenvalue weighted by atomic mass is 35.5. The molecule has 0 spiro atoms. The summed E-state index contributed by atoms with van der Waals surface area (Å²) in [5.41, 5.74) is 0.785. The molecule has 1 aliphatic rings. The first kappa shape index (κ1) is 22.0. The number of carbonyl (C=O) groups excluding carboxylic acids is 1. The van der Waals surface area contributed by atoms with Crippen molar-refractivity contribution in [2.24, 2.45) is 10.2 Å². The van der Waals surface area contributed by atoms with E-state index in [-0.39, 0.29) is 24.0 Å². The van der Waals surface area contributed by atoms with Crippen molar-refractivity contribution in [2.75, 3.05) is 0 Å². The summed E-state index contributed by atoms with van der Waals surface area (Å²) in [6.45, 7) is 0.147. The molecule has 32 heavy (non-hydrogen) atoms. The molecular weight excluding hydrogens is 473 g/mol. The molecule has 1 aliphatic heterocycles. The number of carbonyl (C=O) groups is 1. The van der Waals surface area contributed by atoms with E-state index in [9.17, 15) is 15.0 Å². The van der Waals surface area contributed by atoms with Gasteiger partial charge in [-0.3, -0.25) is 9.69 Å². The van der Waals surface area contributed by atoms with E-state index >= 15 is 0 Å². The molecule has 2 heterocycles. The van der Waals surface area contributed by atoms with Crippen LogP contribution in [0.2, 0.25) is 10.0 Å². The molecule has 0 radical (unpaired) electrons. The first-order chi connectivity index (χ1) is 15.4. The topological polar surface area (TPSA) is 98.6 Å².